The van der Waals surface area contributed by atoms with Crippen LogP contribution < -0.4 is 10.9 Å². The monoisotopic (exact) mass is 602 g/mol. The Bertz CT molecular complexity index is 1500. The predicted octanol–water partition coefficient (Wildman–Crippen LogP) is 5.48. The van der Waals surface area contributed by atoms with Crippen LogP contribution in [-0.2, 0) is 27.3 Å². The average molecular weight is 603 g/mol. The summed E-state index contributed by atoms with van der Waals surface area (Å²) in [6.45, 7) is 13.3. The summed E-state index contributed by atoms with van der Waals surface area (Å²) in [6, 6.07) is 20.7. The third kappa shape index (κ3) is 8.31. The Morgan fingerprint density at radius 1 is 0.659 bits per heavy atom. The Kier molecular flexibility index (Phi) is 12.2. The Morgan fingerprint density at radius 3 is 1.55 bits per heavy atom. The second kappa shape index (κ2) is 16.0. The number of nitrogen functional groups attached to an aromatic ring is 1. The van der Waals surface area contributed by atoms with Crippen LogP contribution in [-0.4, -0.2) is 47.1 Å². The molecule has 2 aromatic carbocycles. The minimum Gasteiger partial charge on any atom is -0.462 e. The second-order valence-corrected chi connectivity index (χ2v) is 9.98. The lowest BCUT2D eigenvalue weighted by molar-refractivity contribution is 0.0509. The summed E-state index contributed by atoms with van der Waals surface area (Å²) in [6.07, 6.45) is 3.26. The van der Waals surface area contributed by atoms with Gasteiger partial charge in [0.25, 0.3) is 0 Å². The maximum atomic E-state index is 12.3. The van der Waals surface area contributed by atoms with E-state index in [1.54, 1.807) is 20.8 Å². The van der Waals surface area contributed by atoms with Gasteiger partial charge in [-0.3, -0.25) is 9.35 Å². The molecule has 0 saturated heterocycles. The number of hydrogen-bond acceptors (Lipinski definition) is 8. The Hall–Kier alpha value is -4.99. The Labute approximate surface area is 258 Å². The zero-order valence-electron chi connectivity index (χ0n) is 26.3. The molecule has 0 aliphatic heterocycles. The van der Waals surface area contributed by atoms with Crippen LogP contribution in [0.2, 0.25) is 0 Å². The molecule has 0 amide bonds. The molecule has 4 aromatic rings. The highest BCUT2D eigenvalue weighted by atomic mass is 16.5. The molecule has 0 fully saturated rings. The number of nitrogens with zero attached hydrogens (tertiary/aromatic N) is 3. The first-order chi connectivity index (χ1) is 21.1. The van der Waals surface area contributed by atoms with E-state index in [9.17, 15) is 14.4 Å². The van der Waals surface area contributed by atoms with Crippen molar-refractivity contribution in [2.75, 3.05) is 30.7 Å². The second-order valence-electron chi connectivity index (χ2n) is 9.98. The van der Waals surface area contributed by atoms with Crippen molar-refractivity contribution < 1.29 is 28.6 Å². The van der Waals surface area contributed by atoms with Crippen LogP contribution in [0.15, 0.2) is 73.1 Å². The summed E-state index contributed by atoms with van der Waals surface area (Å²) in [5.41, 5.74) is 5.97. The average Bonchev–Trinajstić information content (AvgIpc) is 3.48. The van der Waals surface area contributed by atoms with E-state index < -0.39 is 11.9 Å². The largest absolute Gasteiger partial charge is 0.462 e. The van der Waals surface area contributed by atoms with E-state index in [0.29, 0.717) is 17.7 Å². The smallest absolute Gasteiger partial charge is 0.357 e. The molecule has 234 valence electrons. The van der Waals surface area contributed by atoms with Crippen LogP contribution in [0.3, 0.4) is 0 Å². The SMILES string of the molecule is CCOC(=O)c1cn(N(Cc2ccccc2)Cc2ccccc2)c(C)c1C.CCOC(=O)c1cn(N)c(C(=O)OCC)c1C. The fourth-order valence-corrected chi connectivity index (χ4v) is 4.68. The maximum absolute atomic E-state index is 12.3. The first-order valence-corrected chi connectivity index (χ1v) is 14.6. The molecule has 2 heterocycles. The van der Waals surface area contributed by atoms with Crippen LogP contribution in [0.4, 0.5) is 0 Å². The molecule has 10 nitrogen and oxygen atoms in total. The predicted molar refractivity (Wildman–Crippen MR) is 170 cm³/mol. The molecule has 0 atom stereocenters. The van der Waals surface area contributed by atoms with Gasteiger partial charge in [-0.1, -0.05) is 60.7 Å². The van der Waals surface area contributed by atoms with Crippen molar-refractivity contribution in [2.24, 2.45) is 0 Å². The first kappa shape index (κ1) is 33.5. The molecule has 0 unspecified atom stereocenters. The van der Waals surface area contributed by atoms with Gasteiger partial charge in [0.15, 0.2) is 5.69 Å². The molecule has 4 rings (SSSR count). The molecular weight excluding hydrogens is 560 g/mol. The third-order valence-electron chi connectivity index (χ3n) is 7.01. The van der Waals surface area contributed by atoms with Crippen molar-refractivity contribution >= 4 is 17.9 Å². The van der Waals surface area contributed by atoms with E-state index >= 15 is 0 Å². The van der Waals surface area contributed by atoms with Crippen molar-refractivity contribution in [3.63, 3.8) is 0 Å². The highest BCUT2D eigenvalue weighted by Crippen LogP contribution is 2.20. The minimum atomic E-state index is -0.553. The van der Waals surface area contributed by atoms with Gasteiger partial charge in [0.1, 0.15) is 0 Å². The molecule has 0 spiro atoms. The number of rotatable bonds is 11. The van der Waals surface area contributed by atoms with Gasteiger partial charge in [0.2, 0.25) is 0 Å². The van der Waals surface area contributed by atoms with Gasteiger partial charge >= 0.3 is 17.9 Å². The molecule has 0 aliphatic rings. The van der Waals surface area contributed by atoms with Gasteiger partial charge in [-0.15, -0.1) is 0 Å². The van der Waals surface area contributed by atoms with E-state index in [1.165, 1.54) is 17.3 Å². The summed E-state index contributed by atoms with van der Waals surface area (Å²) < 4.78 is 18.1. The molecule has 44 heavy (non-hydrogen) atoms. The van der Waals surface area contributed by atoms with E-state index in [1.807, 2.05) is 63.4 Å². The molecule has 10 heteroatoms. The van der Waals surface area contributed by atoms with Crippen LogP contribution in [0.25, 0.3) is 0 Å². The standard InChI is InChI=1S/C23H26N2O2.C11H16N2O4/c1-4-27-23(26)22-17-25(19(3)18(22)2)24(15-20-11-7-5-8-12-20)16-21-13-9-6-10-14-21;1-4-16-10(14)8-6-13(12)9(7(8)3)11(15)17-5-2/h5-14,17H,4,15-16H2,1-3H3;6H,4-5,12H2,1-3H3. The molecule has 0 bridgehead atoms. The summed E-state index contributed by atoms with van der Waals surface area (Å²) in [5, 5.41) is 2.25. The van der Waals surface area contributed by atoms with Crippen molar-refractivity contribution in [1.82, 2.24) is 9.35 Å². The van der Waals surface area contributed by atoms with Gasteiger partial charge in [-0.05, 0) is 63.8 Å². The summed E-state index contributed by atoms with van der Waals surface area (Å²) in [7, 11) is 0. The van der Waals surface area contributed by atoms with Crippen LogP contribution in [0.5, 0.6) is 0 Å². The zero-order chi connectivity index (χ0) is 32.2. The van der Waals surface area contributed by atoms with Crippen molar-refractivity contribution in [1.29, 1.82) is 0 Å². The number of carbonyl (C=O) groups excluding carboxylic acids is 3. The quantitative estimate of drug-likeness (QED) is 0.136. The van der Waals surface area contributed by atoms with E-state index in [2.05, 4.69) is 34.0 Å². The van der Waals surface area contributed by atoms with E-state index in [-0.39, 0.29) is 30.4 Å². The van der Waals surface area contributed by atoms with Gasteiger partial charge in [-0.25, -0.2) is 14.4 Å². The number of aromatic nitrogens is 2. The van der Waals surface area contributed by atoms with Crippen LogP contribution >= 0.6 is 0 Å². The van der Waals surface area contributed by atoms with Crippen molar-refractivity contribution in [2.45, 2.75) is 54.6 Å². The van der Waals surface area contributed by atoms with Crippen molar-refractivity contribution in [3.8, 4) is 0 Å². The van der Waals surface area contributed by atoms with Gasteiger partial charge < -0.3 is 25.1 Å². The number of hydrogen-bond donors (Lipinski definition) is 1. The molecule has 2 N–H and O–H groups in total. The lowest BCUT2D eigenvalue weighted by atomic mass is 10.2. The first-order valence-electron chi connectivity index (χ1n) is 14.6. The summed E-state index contributed by atoms with van der Waals surface area (Å²) in [4.78, 5) is 35.5. The van der Waals surface area contributed by atoms with Gasteiger partial charge in [0.05, 0.1) is 44.0 Å². The number of esters is 3. The topological polar surface area (TPSA) is 118 Å². The molecule has 2 aromatic heterocycles. The van der Waals surface area contributed by atoms with Gasteiger partial charge in [-0.2, -0.15) is 0 Å². The van der Waals surface area contributed by atoms with E-state index in [4.69, 9.17) is 20.1 Å². The zero-order valence-corrected chi connectivity index (χ0v) is 26.3. The Morgan fingerprint density at radius 2 is 1.09 bits per heavy atom. The fourth-order valence-electron chi connectivity index (χ4n) is 4.68. The lowest BCUT2D eigenvalue weighted by Gasteiger charge is -2.28. The number of carbonyl (C=O) groups is 3. The molecule has 0 aliphatic carbocycles. The third-order valence-corrected chi connectivity index (χ3v) is 7.01. The maximum Gasteiger partial charge on any atom is 0.357 e. The van der Waals surface area contributed by atoms with E-state index in [0.717, 1.165) is 29.0 Å². The minimum absolute atomic E-state index is 0.162. The highest BCUT2D eigenvalue weighted by molar-refractivity contribution is 5.97. The Balaban J connectivity index is 0.000000269. The molecule has 0 radical (unpaired) electrons. The lowest BCUT2D eigenvalue weighted by Crippen LogP contribution is -2.33. The van der Waals surface area contributed by atoms with Gasteiger partial charge in [0, 0.05) is 18.1 Å². The highest BCUT2D eigenvalue weighted by Gasteiger charge is 2.23. The summed E-state index contributed by atoms with van der Waals surface area (Å²) >= 11 is 0. The number of nitrogens with two attached hydrogens (primary N) is 1. The fraction of sp³-hybridized carbons (Fsp3) is 0.324. The number of benzene rings is 2. The summed E-state index contributed by atoms with van der Waals surface area (Å²) in [5.74, 6) is 4.30. The normalized spacial score (nSPS) is 10.4. The van der Waals surface area contributed by atoms with Crippen LogP contribution in [0, 0.1) is 20.8 Å². The molecular formula is C34H42N4O6. The number of ether oxygens (including phenoxy) is 3. The van der Waals surface area contributed by atoms with Crippen LogP contribution in [0.1, 0.15) is 79.9 Å². The van der Waals surface area contributed by atoms with Crippen molar-refractivity contribution in [3.05, 3.63) is 118 Å². The molecule has 0 saturated carbocycles.